The fourth-order valence-electron chi connectivity index (χ4n) is 1.52. The van der Waals surface area contributed by atoms with Crippen LogP contribution in [-0.4, -0.2) is 23.2 Å². The van der Waals surface area contributed by atoms with Crippen molar-refractivity contribution in [3.63, 3.8) is 0 Å². The topological polar surface area (TPSA) is 57.8 Å². The van der Waals surface area contributed by atoms with E-state index in [1.54, 1.807) is 13.1 Å². The van der Waals surface area contributed by atoms with Gasteiger partial charge in [0.25, 0.3) is 5.91 Å². The van der Waals surface area contributed by atoms with E-state index in [0.29, 0.717) is 5.69 Å². The minimum absolute atomic E-state index is 0.177. The zero-order chi connectivity index (χ0) is 12.3. The minimum Gasteiger partial charge on any atom is -0.354 e. The summed E-state index contributed by atoms with van der Waals surface area (Å²) in [6.07, 6.45) is 0.733. The second kappa shape index (κ2) is 5.14. The molecular formula is C12H12BrN3O. The summed E-state index contributed by atoms with van der Waals surface area (Å²) >= 11 is 3.39. The number of nitrogens with one attached hydrogen (secondary N) is 2. The maximum Gasteiger partial charge on any atom is 0.271 e. The molecule has 5 heteroatoms. The second-order valence-corrected chi connectivity index (χ2v) is 4.58. The molecule has 0 saturated carbocycles. The Labute approximate surface area is 108 Å². The van der Waals surface area contributed by atoms with Gasteiger partial charge in [-0.3, -0.25) is 9.89 Å². The number of aromatic nitrogens is 2. The number of carbonyl (C=O) groups excluding carboxylic acids is 1. The molecule has 0 fully saturated rings. The molecule has 0 aliphatic rings. The highest BCUT2D eigenvalue weighted by Crippen LogP contribution is 2.13. The predicted molar refractivity (Wildman–Crippen MR) is 68.9 cm³/mol. The number of hydrogen-bond acceptors (Lipinski definition) is 2. The van der Waals surface area contributed by atoms with Crippen LogP contribution in [0.2, 0.25) is 0 Å². The zero-order valence-corrected chi connectivity index (χ0v) is 10.9. The van der Waals surface area contributed by atoms with Crippen molar-refractivity contribution in [1.29, 1.82) is 0 Å². The lowest BCUT2D eigenvalue weighted by Gasteiger charge is -1.98. The molecule has 17 heavy (non-hydrogen) atoms. The Morgan fingerprint density at radius 3 is 2.76 bits per heavy atom. The number of halogens is 1. The lowest BCUT2D eigenvalue weighted by Crippen LogP contribution is -2.17. The first-order valence-electron chi connectivity index (χ1n) is 5.20. The molecule has 2 N–H and O–H groups in total. The lowest BCUT2D eigenvalue weighted by molar-refractivity contribution is 0.0958. The van der Waals surface area contributed by atoms with E-state index >= 15 is 0 Å². The molecule has 88 valence electrons. The van der Waals surface area contributed by atoms with Crippen molar-refractivity contribution in [3.05, 3.63) is 51.8 Å². The van der Waals surface area contributed by atoms with Gasteiger partial charge in [-0.25, -0.2) is 0 Å². The summed E-state index contributed by atoms with van der Waals surface area (Å²) in [5, 5.41) is 9.35. The fraction of sp³-hybridized carbons (Fsp3) is 0.167. The Morgan fingerprint density at radius 2 is 2.12 bits per heavy atom. The summed E-state index contributed by atoms with van der Waals surface area (Å²) in [4.78, 5) is 11.3. The van der Waals surface area contributed by atoms with E-state index in [9.17, 15) is 4.79 Å². The number of rotatable bonds is 3. The molecule has 2 aromatic rings. The van der Waals surface area contributed by atoms with Crippen LogP contribution < -0.4 is 5.32 Å². The molecule has 1 aromatic carbocycles. The maximum absolute atomic E-state index is 11.3. The molecule has 0 aliphatic heterocycles. The maximum atomic E-state index is 11.3. The van der Waals surface area contributed by atoms with Gasteiger partial charge in [0, 0.05) is 23.6 Å². The van der Waals surface area contributed by atoms with E-state index in [4.69, 9.17) is 0 Å². The smallest absolute Gasteiger partial charge is 0.271 e. The summed E-state index contributed by atoms with van der Waals surface area (Å²) in [6, 6.07) is 9.81. The van der Waals surface area contributed by atoms with E-state index < -0.39 is 0 Å². The normalized spacial score (nSPS) is 10.2. The molecule has 1 heterocycles. The highest BCUT2D eigenvalue weighted by molar-refractivity contribution is 9.10. The van der Waals surface area contributed by atoms with E-state index in [-0.39, 0.29) is 5.91 Å². The Morgan fingerprint density at radius 1 is 1.41 bits per heavy atom. The number of benzene rings is 1. The largest absolute Gasteiger partial charge is 0.354 e. The minimum atomic E-state index is -0.177. The summed E-state index contributed by atoms with van der Waals surface area (Å²) in [6.45, 7) is 0. The Hall–Kier alpha value is -1.62. The van der Waals surface area contributed by atoms with E-state index in [1.807, 2.05) is 24.3 Å². The standard InChI is InChI=1S/C12H12BrN3O/c1-14-12(17)11-7-10(15-16-11)6-8-2-4-9(13)5-3-8/h2-5,7H,6H2,1H3,(H,14,17)(H,15,16). The molecule has 0 spiro atoms. The molecular weight excluding hydrogens is 282 g/mol. The van der Waals surface area contributed by atoms with Crippen LogP contribution in [0.3, 0.4) is 0 Å². The van der Waals surface area contributed by atoms with Crippen LogP contribution in [-0.2, 0) is 6.42 Å². The molecule has 0 atom stereocenters. The Kier molecular flexibility index (Phi) is 3.58. The van der Waals surface area contributed by atoms with Gasteiger partial charge >= 0.3 is 0 Å². The lowest BCUT2D eigenvalue weighted by atomic mass is 10.1. The third-order valence-electron chi connectivity index (χ3n) is 2.40. The quantitative estimate of drug-likeness (QED) is 0.911. The number of H-pyrrole nitrogens is 1. The van der Waals surface area contributed by atoms with Gasteiger partial charge in [0.15, 0.2) is 0 Å². The number of carbonyl (C=O) groups is 1. The van der Waals surface area contributed by atoms with Crippen molar-refractivity contribution in [1.82, 2.24) is 15.5 Å². The van der Waals surface area contributed by atoms with Crippen molar-refractivity contribution in [2.75, 3.05) is 7.05 Å². The van der Waals surface area contributed by atoms with Crippen LogP contribution >= 0.6 is 15.9 Å². The molecule has 1 aromatic heterocycles. The van der Waals surface area contributed by atoms with Crippen LogP contribution in [0, 0.1) is 0 Å². The van der Waals surface area contributed by atoms with Gasteiger partial charge in [-0.2, -0.15) is 5.10 Å². The van der Waals surface area contributed by atoms with E-state index in [2.05, 4.69) is 31.4 Å². The molecule has 2 rings (SSSR count). The third-order valence-corrected chi connectivity index (χ3v) is 2.93. The number of nitrogens with zero attached hydrogens (tertiary/aromatic N) is 1. The van der Waals surface area contributed by atoms with E-state index in [0.717, 1.165) is 16.6 Å². The van der Waals surface area contributed by atoms with Gasteiger partial charge in [0.05, 0.1) is 0 Å². The fourth-order valence-corrected chi connectivity index (χ4v) is 1.78. The summed E-state index contributed by atoms with van der Waals surface area (Å²) in [5.41, 5.74) is 2.51. The van der Waals surface area contributed by atoms with Gasteiger partial charge in [0.2, 0.25) is 0 Å². The second-order valence-electron chi connectivity index (χ2n) is 3.66. The van der Waals surface area contributed by atoms with Crippen LogP contribution in [0.1, 0.15) is 21.7 Å². The SMILES string of the molecule is CNC(=O)c1cc(Cc2ccc(Br)cc2)[nH]n1. The van der Waals surface area contributed by atoms with Crippen LogP contribution in [0.15, 0.2) is 34.8 Å². The molecule has 4 nitrogen and oxygen atoms in total. The van der Waals surface area contributed by atoms with Crippen LogP contribution in [0.4, 0.5) is 0 Å². The average molecular weight is 294 g/mol. The molecule has 0 radical (unpaired) electrons. The first-order valence-corrected chi connectivity index (χ1v) is 5.99. The average Bonchev–Trinajstić information content (AvgIpc) is 2.80. The van der Waals surface area contributed by atoms with Gasteiger partial charge in [-0.15, -0.1) is 0 Å². The molecule has 0 aliphatic carbocycles. The van der Waals surface area contributed by atoms with Crippen LogP contribution in [0.5, 0.6) is 0 Å². The van der Waals surface area contributed by atoms with Crippen molar-refractivity contribution in [3.8, 4) is 0 Å². The summed E-state index contributed by atoms with van der Waals surface area (Å²) in [7, 11) is 1.59. The highest BCUT2D eigenvalue weighted by Gasteiger charge is 2.08. The predicted octanol–water partition coefficient (Wildman–Crippen LogP) is 2.12. The molecule has 0 saturated heterocycles. The first kappa shape index (κ1) is 11.9. The molecule has 0 unspecified atom stereocenters. The van der Waals surface area contributed by atoms with Crippen molar-refractivity contribution >= 4 is 21.8 Å². The number of amides is 1. The zero-order valence-electron chi connectivity index (χ0n) is 9.33. The number of hydrogen-bond donors (Lipinski definition) is 2. The summed E-state index contributed by atoms with van der Waals surface area (Å²) < 4.78 is 1.05. The third kappa shape index (κ3) is 2.94. The molecule has 1 amide bonds. The van der Waals surface area contributed by atoms with Gasteiger partial charge in [0.1, 0.15) is 5.69 Å². The first-order chi connectivity index (χ1) is 8.19. The van der Waals surface area contributed by atoms with Gasteiger partial charge in [-0.1, -0.05) is 28.1 Å². The Balaban J connectivity index is 2.11. The molecule has 0 bridgehead atoms. The van der Waals surface area contributed by atoms with Crippen molar-refractivity contribution in [2.45, 2.75) is 6.42 Å². The van der Waals surface area contributed by atoms with E-state index in [1.165, 1.54) is 5.56 Å². The van der Waals surface area contributed by atoms with Gasteiger partial charge < -0.3 is 5.32 Å². The van der Waals surface area contributed by atoms with Crippen molar-refractivity contribution < 1.29 is 4.79 Å². The van der Waals surface area contributed by atoms with Crippen molar-refractivity contribution in [2.24, 2.45) is 0 Å². The van der Waals surface area contributed by atoms with Gasteiger partial charge in [-0.05, 0) is 23.8 Å². The Bertz CT molecular complexity index is 519. The van der Waals surface area contributed by atoms with Crippen LogP contribution in [0.25, 0.3) is 0 Å². The summed E-state index contributed by atoms with van der Waals surface area (Å²) in [5.74, 6) is -0.177. The monoisotopic (exact) mass is 293 g/mol. The number of aromatic amines is 1. The highest BCUT2D eigenvalue weighted by atomic mass is 79.9.